The molecule has 0 aliphatic carbocycles. The van der Waals surface area contributed by atoms with E-state index in [1.807, 2.05) is 25.2 Å². The van der Waals surface area contributed by atoms with Gasteiger partial charge < -0.3 is 9.30 Å². The van der Waals surface area contributed by atoms with Crippen LogP contribution in [0.15, 0.2) is 18.2 Å². The number of aryl methyl sites for hydroxylation is 1. The maximum atomic E-state index is 11.9. The van der Waals surface area contributed by atoms with Crippen molar-refractivity contribution in [2.24, 2.45) is 7.05 Å². The lowest BCUT2D eigenvalue weighted by Gasteiger charge is -2.04. The molecule has 0 bridgehead atoms. The smallest absolute Gasteiger partial charge is 0.162 e. The van der Waals surface area contributed by atoms with Crippen molar-refractivity contribution >= 4 is 16.7 Å². The average molecular weight is 245 g/mol. The van der Waals surface area contributed by atoms with Crippen molar-refractivity contribution in [3.05, 3.63) is 29.5 Å². The Morgan fingerprint density at radius 3 is 2.67 bits per heavy atom. The maximum absolute atomic E-state index is 11.9. The highest BCUT2D eigenvalue weighted by atomic mass is 16.5. The molecule has 0 aliphatic heterocycles. The van der Waals surface area contributed by atoms with Crippen LogP contribution in [0.2, 0.25) is 0 Å². The van der Waals surface area contributed by atoms with Gasteiger partial charge in [-0.1, -0.05) is 13.3 Å². The molecular formula is C15H19NO2. The number of ketones is 1. The predicted octanol–water partition coefficient (Wildman–Crippen LogP) is 3.34. The van der Waals surface area contributed by atoms with Gasteiger partial charge in [-0.2, -0.15) is 0 Å². The molecule has 0 fully saturated rings. The van der Waals surface area contributed by atoms with E-state index in [-0.39, 0.29) is 5.78 Å². The van der Waals surface area contributed by atoms with E-state index in [0.29, 0.717) is 0 Å². The maximum Gasteiger partial charge on any atom is 0.162 e. The van der Waals surface area contributed by atoms with Crippen LogP contribution in [-0.4, -0.2) is 17.5 Å². The van der Waals surface area contributed by atoms with Crippen LogP contribution in [-0.2, 0) is 13.5 Å². The third kappa shape index (κ3) is 1.90. The Kier molecular flexibility index (Phi) is 3.41. The van der Waals surface area contributed by atoms with E-state index < -0.39 is 0 Å². The van der Waals surface area contributed by atoms with Gasteiger partial charge in [0.15, 0.2) is 5.78 Å². The summed E-state index contributed by atoms with van der Waals surface area (Å²) in [5.41, 5.74) is 3.05. The number of carbonyl (C=O) groups is 1. The fourth-order valence-corrected chi connectivity index (χ4v) is 2.53. The van der Waals surface area contributed by atoms with Crippen LogP contribution in [0.4, 0.5) is 0 Å². The van der Waals surface area contributed by atoms with E-state index in [4.69, 9.17) is 4.74 Å². The number of benzene rings is 1. The van der Waals surface area contributed by atoms with Crippen molar-refractivity contribution in [3.8, 4) is 5.75 Å². The summed E-state index contributed by atoms with van der Waals surface area (Å²) in [5.74, 6) is 0.913. The Labute approximate surface area is 107 Å². The lowest BCUT2D eigenvalue weighted by atomic mass is 10.0. The summed E-state index contributed by atoms with van der Waals surface area (Å²) in [6, 6.07) is 5.90. The number of fused-ring (bicyclic) bond motifs is 1. The number of ether oxygens (including phenoxy) is 1. The van der Waals surface area contributed by atoms with Gasteiger partial charge in [0.25, 0.3) is 0 Å². The summed E-state index contributed by atoms with van der Waals surface area (Å²) >= 11 is 0. The molecule has 0 unspecified atom stereocenters. The number of Topliss-reactive ketones (excluding diaryl/α,β-unsaturated/α-hetero) is 1. The van der Waals surface area contributed by atoms with Crippen molar-refractivity contribution in [1.82, 2.24) is 4.57 Å². The van der Waals surface area contributed by atoms with Crippen molar-refractivity contribution in [1.29, 1.82) is 0 Å². The van der Waals surface area contributed by atoms with Crippen LogP contribution in [0.5, 0.6) is 5.75 Å². The fraction of sp³-hybridized carbons (Fsp3) is 0.400. The Morgan fingerprint density at radius 2 is 2.11 bits per heavy atom. The monoisotopic (exact) mass is 245 g/mol. The van der Waals surface area contributed by atoms with Crippen LogP contribution in [0.3, 0.4) is 0 Å². The van der Waals surface area contributed by atoms with Gasteiger partial charge in [0.05, 0.1) is 7.11 Å². The summed E-state index contributed by atoms with van der Waals surface area (Å²) in [7, 11) is 3.66. The zero-order chi connectivity index (χ0) is 13.3. The van der Waals surface area contributed by atoms with Gasteiger partial charge in [-0.25, -0.2) is 0 Å². The Morgan fingerprint density at radius 1 is 1.39 bits per heavy atom. The second-order valence-corrected chi connectivity index (χ2v) is 4.57. The molecule has 0 aliphatic rings. The fourth-order valence-electron chi connectivity index (χ4n) is 2.53. The highest BCUT2D eigenvalue weighted by molar-refractivity contribution is 6.08. The highest BCUT2D eigenvalue weighted by Gasteiger charge is 2.18. The molecule has 3 nitrogen and oxygen atoms in total. The lowest BCUT2D eigenvalue weighted by Crippen LogP contribution is -2.02. The molecule has 3 heteroatoms. The van der Waals surface area contributed by atoms with Crippen LogP contribution in [0.1, 0.15) is 36.3 Å². The Hall–Kier alpha value is -1.77. The van der Waals surface area contributed by atoms with E-state index in [1.54, 1.807) is 14.0 Å². The minimum Gasteiger partial charge on any atom is -0.497 e. The van der Waals surface area contributed by atoms with Gasteiger partial charge in [0, 0.05) is 29.2 Å². The molecule has 0 atom stereocenters. The molecule has 2 rings (SSSR count). The van der Waals surface area contributed by atoms with Crippen LogP contribution in [0, 0.1) is 0 Å². The van der Waals surface area contributed by atoms with Crippen LogP contribution in [0.25, 0.3) is 10.9 Å². The summed E-state index contributed by atoms with van der Waals surface area (Å²) in [4.78, 5) is 11.9. The van der Waals surface area contributed by atoms with Crippen LogP contribution < -0.4 is 4.74 Å². The Bertz CT molecular complexity index is 596. The first kappa shape index (κ1) is 12.7. The molecular weight excluding hydrogens is 226 g/mol. The van der Waals surface area contributed by atoms with E-state index in [9.17, 15) is 4.79 Å². The first-order chi connectivity index (χ1) is 8.60. The van der Waals surface area contributed by atoms with Gasteiger partial charge in [0.1, 0.15) is 5.75 Å². The molecule has 0 amide bonds. The molecule has 18 heavy (non-hydrogen) atoms. The largest absolute Gasteiger partial charge is 0.497 e. The third-order valence-electron chi connectivity index (χ3n) is 3.37. The SMILES string of the molecule is CCCc1c(C(C)=O)c2cc(OC)ccc2n1C. The lowest BCUT2D eigenvalue weighted by molar-refractivity contribution is 0.101. The number of carbonyl (C=O) groups excluding carboxylic acids is 1. The van der Waals surface area contributed by atoms with Crippen molar-refractivity contribution < 1.29 is 9.53 Å². The summed E-state index contributed by atoms with van der Waals surface area (Å²) in [6.07, 6.45) is 1.95. The summed E-state index contributed by atoms with van der Waals surface area (Å²) in [6.45, 7) is 3.76. The molecule has 0 radical (unpaired) electrons. The molecule has 0 spiro atoms. The van der Waals surface area contributed by atoms with E-state index in [0.717, 1.165) is 40.8 Å². The molecule has 1 heterocycles. The number of hydrogen-bond donors (Lipinski definition) is 0. The second-order valence-electron chi connectivity index (χ2n) is 4.57. The molecule has 2 aromatic rings. The quantitative estimate of drug-likeness (QED) is 0.773. The molecule has 0 N–H and O–H groups in total. The third-order valence-corrected chi connectivity index (χ3v) is 3.37. The predicted molar refractivity (Wildman–Crippen MR) is 73.5 cm³/mol. The number of hydrogen-bond acceptors (Lipinski definition) is 2. The summed E-state index contributed by atoms with van der Waals surface area (Å²) in [5, 5.41) is 0.993. The van der Waals surface area contributed by atoms with Gasteiger partial charge in [-0.15, -0.1) is 0 Å². The average Bonchev–Trinajstić information content (AvgIpc) is 2.63. The van der Waals surface area contributed by atoms with Crippen LogP contribution >= 0.6 is 0 Å². The number of rotatable bonds is 4. The van der Waals surface area contributed by atoms with Gasteiger partial charge in [-0.3, -0.25) is 4.79 Å². The molecule has 1 aromatic heterocycles. The second kappa shape index (κ2) is 4.84. The zero-order valence-electron chi connectivity index (χ0n) is 11.4. The van der Waals surface area contributed by atoms with Gasteiger partial charge in [0.2, 0.25) is 0 Å². The highest BCUT2D eigenvalue weighted by Crippen LogP contribution is 2.30. The topological polar surface area (TPSA) is 31.2 Å². The van der Waals surface area contributed by atoms with Crippen molar-refractivity contribution in [2.45, 2.75) is 26.7 Å². The molecule has 1 aromatic carbocycles. The minimum absolute atomic E-state index is 0.123. The first-order valence-corrected chi connectivity index (χ1v) is 6.26. The number of methoxy groups -OCH3 is 1. The molecule has 0 saturated carbocycles. The number of aromatic nitrogens is 1. The van der Waals surface area contributed by atoms with E-state index >= 15 is 0 Å². The minimum atomic E-state index is 0.123. The first-order valence-electron chi connectivity index (χ1n) is 6.26. The van der Waals surface area contributed by atoms with Gasteiger partial charge in [-0.05, 0) is 31.5 Å². The standard InChI is InChI=1S/C15H19NO2/c1-5-6-14-15(10(2)17)12-9-11(18-4)7-8-13(12)16(14)3/h7-9H,5-6H2,1-4H3. The zero-order valence-corrected chi connectivity index (χ0v) is 11.4. The van der Waals surface area contributed by atoms with Gasteiger partial charge >= 0.3 is 0 Å². The van der Waals surface area contributed by atoms with E-state index in [2.05, 4.69) is 11.5 Å². The Balaban J connectivity index is 2.79. The number of nitrogens with zero attached hydrogens (tertiary/aromatic N) is 1. The summed E-state index contributed by atoms with van der Waals surface area (Å²) < 4.78 is 7.37. The van der Waals surface area contributed by atoms with E-state index in [1.165, 1.54) is 0 Å². The van der Waals surface area contributed by atoms with Crippen molar-refractivity contribution in [2.75, 3.05) is 7.11 Å². The van der Waals surface area contributed by atoms with Crippen molar-refractivity contribution in [3.63, 3.8) is 0 Å². The normalized spacial score (nSPS) is 10.9. The molecule has 96 valence electrons. The molecule has 0 saturated heterocycles.